The zero-order valence-electron chi connectivity index (χ0n) is 12.3. The quantitative estimate of drug-likeness (QED) is 0.828. The summed E-state index contributed by atoms with van der Waals surface area (Å²) in [6.07, 6.45) is 0.218. The molecule has 4 heteroatoms. The molecule has 0 saturated carbocycles. The van der Waals surface area contributed by atoms with Crippen molar-refractivity contribution in [3.63, 3.8) is 0 Å². The maximum Gasteiger partial charge on any atom is 0.346 e. The first-order chi connectivity index (χ1) is 8.85. The Morgan fingerprint density at radius 2 is 1.79 bits per heavy atom. The van der Waals surface area contributed by atoms with Crippen molar-refractivity contribution in [3.8, 4) is 5.75 Å². The molecule has 0 aromatic heterocycles. The smallest absolute Gasteiger partial charge is 0.346 e. The van der Waals surface area contributed by atoms with Gasteiger partial charge in [-0.3, -0.25) is 0 Å². The zero-order valence-corrected chi connectivity index (χ0v) is 12.3. The summed E-state index contributed by atoms with van der Waals surface area (Å²) in [5, 5.41) is 0. The first-order valence-corrected chi connectivity index (χ1v) is 6.45. The molecule has 1 aromatic carbocycles. The van der Waals surface area contributed by atoms with E-state index < -0.39 is 6.10 Å². The normalized spacial score (nSPS) is 13.8. The number of rotatable bonds is 5. The minimum Gasteiger partial charge on any atom is -0.478 e. The Morgan fingerprint density at radius 3 is 2.21 bits per heavy atom. The first-order valence-electron chi connectivity index (χ1n) is 6.45. The van der Waals surface area contributed by atoms with Crippen LogP contribution in [0.15, 0.2) is 12.1 Å². The van der Waals surface area contributed by atoms with Gasteiger partial charge in [0.1, 0.15) is 5.75 Å². The van der Waals surface area contributed by atoms with E-state index in [9.17, 15) is 4.79 Å². The molecule has 0 fully saturated rings. The number of benzene rings is 1. The van der Waals surface area contributed by atoms with Crippen molar-refractivity contribution in [2.24, 2.45) is 5.73 Å². The van der Waals surface area contributed by atoms with Crippen LogP contribution in [0.5, 0.6) is 5.75 Å². The Kier molecular flexibility index (Phi) is 5.36. The van der Waals surface area contributed by atoms with E-state index in [4.69, 9.17) is 10.5 Å². The van der Waals surface area contributed by atoms with E-state index in [-0.39, 0.29) is 12.0 Å². The molecule has 0 radical (unpaired) electrons. The van der Waals surface area contributed by atoms with Crippen LogP contribution >= 0.6 is 0 Å². The molecule has 2 atom stereocenters. The molecule has 1 rings (SSSR count). The van der Waals surface area contributed by atoms with Crippen LogP contribution in [0, 0.1) is 13.8 Å². The predicted molar refractivity (Wildman–Crippen MR) is 75.4 cm³/mol. The number of hydrogen-bond donors (Lipinski definition) is 1. The molecule has 106 valence electrons. The van der Waals surface area contributed by atoms with Crippen LogP contribution in [0.2, 0.25) is 0 Å². The lowest BCUT2D eigenvalue weighted by molar-refractivity contribution is -0.147. The second kappa shape index (κ2) is 6.57. The van der Waals surface area contributed by atoms with Gasteiger partial charge >= 0.3 is 5.97 Å². The summed E-state index contributed by atoms with van der Waals surface area (Å²) >= 11 is 0. The van der Waals surface area contributed by atoms with Gasteiger partial charge in [0.05, 0.1) is 7.11 Å². The largest absolute Gasteiger partial charge is 0.478 e. The van der Waals surface area contributed by atoms with Crippen molar-refractivity contribution in [2.75, 3.05) is 7.11 Å². The number of esters is 1. The third kappa shape index (κ3) is 4.24. The van der Waals surface area contributed by atoms with Crippen molar-refractivity contribution in [2.45, 2.75) is 46.3 Å². The Morgan fingerprint density at radius 1 is 1.26 bits per heavy atom. The summed E-state index contributed by atoms with van der Waals surface area (Å²) < 4.78 is 10.3. The molecule has 0 aliphatic heterocycles. The van der Waals surface area contributed by atoms with E-state index in [1.54, 1.807) is 6.92 Å². The molecule has 2 N–H and O–H groups in total. The monoisotopic (exact) mass is 265 g/mol. The molecule has 0 spiro atoms. The van der Waals surface area contributed by atoms with Crippen LogP contribution in [-0.4, -0.2) is 25.2 Å². The molecular formula is C15H23NO3. The molecule has 19 heavy (non-hydrogen) atoms. The third-order valence-corrected chi connectivity index (χ3v) is 2.91. The minimum atomic E-state index is -0.610. The van der Waals surface area contributed by atoms with Crippen molar-refractivity contribution in [3.05, 3.63) is 28.8 Å². The van der Waals surface area contributed by atoms with E-state index >= 15 is 0 Å². The van der Waals surface area contributed by atoms with Gasteiger partial charge in [0.15, 0.2) is 6.10 Å². The number of nitrogens with two attached hydrogens (primary N) is 1. The lowest BCUT2D eigenvalue weighted by Gasteiger charge is -2.18. The molecule has 2 unspecified atom stereocenters. The fourth-order valence-electron chi connectivity index (χ4n) is 2.11. The number of ether oxygens (including phenoxy) is 2. The van der Waals surface area contributed by atoms with Crippen LogP contribution in [-0.2, 0) is 16.0 Å². The highest BCUT2D eigenvalue weighted by atomic mass is 16.6. The maximum absolute atomic E-state index is 11.4. The minimum absolute atomic E-state index is 0.125. The average molecular weight is 265 g/mol. The summed E-state index contributed by atoms with van der Waals surface area (Å²) in [6, 6.07) is 4.23. The number of hydrogen-bond acceptors (Lipinski definition) is 4. The number of carbonyl (C=O) groups excluding carboxylic acids is 1. The fourth-order valence-corrected chi connectivity index (χ4v) is 2.11. The van der Waals surface area contributed by atoms with Gasteiger partial charge in [-0.05, 0) is 50.8 Å². The van der Waals surface area contributed by atoms with Crippen LogP contribution < -0.4 is 10.5 Å². The molecule has 4 nitrogen and oxygen atoms in total. The van der Waals surface area contributed by atoms with E-state index in [1.807, 2.05) is 20.8 Å². The van der Waals surface area contributed by atoms with E-state index in [0.717, 1.165) is 23.3 Å². The Bertz CT molecular complexity index is 432. The average Bonchev–Trinajstić information content (AvgIpc) is 2.31. The lowest BCUT2D eigenvalue weighted by atomic mass is 10.0. The molecule has 0 saturated heterocycles. The van der Waals surface area contributed by atoms with E-state index in [2.05, 4.69) is 16.9 Å². The van der Waals surface area contributed by atoms with Crippen molar-refractivity contribution in [1.29, 1.82) is 0 Å². The van der Waals surface area contributed by atoms with Gasteiger partial charge in [0.25, 0.3) is 0 Å². The molecule has 0 aliphatic carbocycles. The standard InChI is InChI=1S/C15H23NO3/c1-9-6-13(8-11(3)16)7-10(2)14(9)19-12(4)15(17)18-5/h6-7,11-12H,8,16H2,1-5H3. The molecular weight excluding hydrogens is 242 g/mol. The van der Waals surface area contributed by atoms with Gasteiger partial charge in [-0.1, -0.05) is 12.1 Å². The van der Waals surface area contributed by atoms with E-state index in [1.165, 1.54) is 12.7 Å². The maximum atomic E-state index is 11.4. The van der Waals surface area contributed by atoms with Crippen molar-refractivity contribution in [1.82, 2.24) is 0 Å². The van der Waals surface area contributed by atoms with Gasteiger partial charge in [0.2, 0.25) is 0 Å². The van der Waals surface area contributed by atoms with Gasteiger partial charge in [0, 0.05) is 6.04 Å². The van der Waals surface area contributed by atoms with Crippen LogP contribution in [0.3, 0.4) is 0 Å². The second-order valence-electron chi connectivity index (χ2n) is 5.02. The van der Waals surface area contributed by atoms with Gasteiger partial charge in [-0.2, -0.15) is 0 Å². The van der Waals surface area contributed by atoms with Crippen LogP contribution in [0.25, 0.3) is 0 Å². The SMILES string of the molecule is COC(=O)C(C)Oc1c(C)cc(CC(C)N)cc1C. The summed E-state index contributed by atoms with van der Waals surface area (Å²) in [5.74, 6) is 0.366. The highest BCUT2D eigenvalue weighted by molar-refractivity contribution is 5.74. The second-order valence-corrected chi connectivity index (χ2v) is 5.02. The summed E-state index contributed by atoms with van der Waals surface area (Å²) in [5.41, 5.74) is 9.00. The predicted octanol–water partition coefficient (Wildman–Crippen LogP) is 2.13. The topological polar surface area (TPSA) is 61.5 Å². The Balaban J connectivity index is 2.94. The van der Waals surface area contributed by atoms with E-state index in [0.29, 0.717) is 0 Å². The molecule has 0 aliphatic rings. The number of methoxy groups -OCH3 is 1. The van der Waals surface area contributed by atoms with Crippen LogP contribution in [0.1, 0.15) is 30.5 Å². The van der Waals surface area contributed by atoms with Gasteiger partial charge in [-0.25, -0.2) is 4.79 Å². The first kappa shape index (κ1) is 15.5. The highest BCUT2D eigenvalue weighted by Crippen LogP contribution is 2.26. The van der Waals surface area contributed by atoms with Crippen LogP contribution in [0.4, 0.5) is 0 Å². The molecule has 0 amide bonds. The highest BCUT2D eigenvalue weighted by Gasteiger charge is 2.17. The molecule has 0 heterocycles. The zero-order chi connectivity index (χ0) is 14.6. The third-order valence-electron chi connectivity index (χ3n) is 2.91. The lowest BCUT2D eigenvalue weighted by Crippen LogP contribution is -2.25. The molecule has 1 aromatic rings. The summed E-state index contributed by atoms with van der Waals surface area (Å²) in [7, 11) is 1.35. The molecule has 0 bridgehead atoms. The number of aryl methyl sites for hydroxylation is 2. The van der Waals surface area contributed by atoms with Gasteiger partial charge in [-0.15, -0.1) is 0 Å². The summed E-state index contributed by atoms with van der Waals surface area (Å²) in [4.78, 5) is 11.4. The van der Waals surface area contributed by atoms with Crippen molar-refractivity contribution >= 4 is 5.97 Å². The Hall–Kier alpha value is -1.55. The van der Waals surface area contributed by atoms with Gasteiger partial charge < -0.3 is 15.2 Å². The summed E-state index contributed by atoms with van der Waals surface area (Å²) in [6.45, 7) is 7.60. The fraction of sp³-hybridized carbons (Fsp3) is 0.533. The number of carbonyl (C=O) groups is 1. The Labute approximate surface area is 114 Å². The van der Waals surface area contributed by atoms with Crippen molar-refractivity contribution < 1.29 is 14.3 Å².